The second-order valence-corrected chi connectivity index (χ2v) is 5.97. The summed E-state index contributed by atoms with van der Waals surface area (Å²) < 4.78 is 14.5. The maximum atomic E-state index is 13.6. The fourth-order valence-electron chi connectivity index (χ4n) is 2.14. The molecule has 0 heterocycles. The largest absolute Gasteiger partial charge is 0.382 e. The maximum absolute atomic E-state index is 13.6. The van der Waals surface area contributed by atoms with Crippen molar-refractivity contribution in [2.24, 2.45) is 5.41 Å². The van der Waals surface area contributed by atoms with Gasteiger partial charge in [0.2, 0.25) is 0 Å². The van der Waals surface area contributed by atoms with Crippen molar-refractivity contribution < 1.29 is 4.39 Å². The zero-order chi connectivity index (χ0) is 11.6. The van der Waals surface area contributed by atoms with Crippen LogP contribution in [0.3, 0.4) is 0 Å². The highest BCUT2D eigenvalue weighted by atomic mass is 127. The molecule has 0 saturated heterocycles. The van der Waals surface area contributed by atoms with Gasteiger partial charge in [-0.05, 0) is 65.5 Å². The molecule has 1 aliphatic rings. The lowest BCUT2D eigenvalue weighted by molar-refractivity contribution is 0.484. The smallest absolute Gasteiger partial charge is 0.147 e. The van der Waals surface area contributed by atoms with E-state index in [2.05, 4.69) is 34.8 Å². The topological polar surface area (TPSA) is 12.0 Å². The van der Waals surface area contributed by atoms with Gasteiger partial charge in [-0.25, -0.2) is 4.39 Å². The monoisotopic (exact) mass is 333 g/mol. The van der Waals surface area contributed by atoms with Crippen LogP contribution in [0.15, 0.2) is 18.2 Å². The van der Waals surface area contributed by atoms with Gasteiger partial charge in [-0.1, -0.05) is 13.3 Å². The predicted molar refractivity (Wildman–Crippen MR) is 74.2 cm³/mol. The minimum Gasteiger partial charge on any atom is -0.382 e. The molecule has 0 radical (unpaired) electrons. The van der Waals surface area contributed by atoms with Crippen molar-refractivity contribution in [2.75, 3.05) is 11.9 Å². The Hall–Kier alpha value is -0.320. The van der Waals surface area contributed by atoms with E-state index in [9.17, 15) is 4.39 Å². The summed E-state index contributed by atoms with van der Waals surface area (Å²) in [5.74, 6) is -0.140. The van der Waals surface area contributed by atoms with E-state index < -0.39 is 0 Å². The van der Waals surface area contributed by atoms with Crippen molar-refractivity contribution in [3.05, 3.63) is 27.6 Å². The molecule has 1 saturated carbocycles. The second kappa shape index (κ2) is 4.90. The Morgan fingerprint density at radius 1 is 1.44 bits per heavy atom. The molecule has 0 aliphatic heterocycles. The molecular weight excluding hydrogens is 316 g/mol. The predicted octanol–water partition coefficient (Wildman–Crippen LogP) is 4.42. The van der Waals surface area contributed by atoms with E-state index in [1.54, 1.807) is 6.07 Å². The third-order valence-electron chi connectivity index (χ3n) is 3.32. The first-order valence-corrected chi connectivity index (χ1v) is 6.92. The van der Waals surface area contributed by atoms with Crippen molar-refractivity contribution in [2.45, 2.75) is 32.6 Å². The zero-order valence-electron chi connectivity index (χ0n) is 9.52. The molecule has 1 aromatic carbocycles. The number of hydrogen-bond donors (Lipinski definition) is 1. The first kappa shape index (κ1) is 12.1. The molecule has 1 aromatic rings. The lowest BCUT2D eigenvalue weighted by atomic mass is 10.0. The highest BCUT2D eigenvalue weighted by Crippen LogP contribution is 2.49. The first-order chi connectivity index (χ1) is 7.65. The Kier molecular flexibility index (Phi) is 3.72. The molecule has 0 aromatic heterocycles. The van der Waals surface area contributed by atoms with Gasteiger partial charge in [-0.2, -0.15) is 0 Å². The van der Waals surface area contributed by atoms with Gasteiger partial charge in [0.25, 0.3) is 0 Å². The molecule has 1 nitrogen and oxygen atoms in total. The molecule has 16 heavy (non-hydrogen) atoms. The van der Waals surface area contributed by atoms with Gasteiger partial charge < -0.3 is 5.32 Å². The minimum atomic E-state index is -0.140. The Morgan fingerprint density at radius 2 is 2.19 bits per heavy atom. The normalized spacial score (nSPS) is 17.2. The summed E-state index contributed by atoms with van der Waals surface area (Å²) in [6, 6.07) is 5.34. The summed E-state index contributed by atoms with van der Waals surface area (Å²) in [7, 11) is 0. The van der Waals surface area contributed by atoms with E-state index >= 15 is 0 Å². The molecule has 2 rings (SSSR count). The fourth-order valence-corrected chi connectivity index (χ4v) is 2.59. The summed E-state index contributed by atoms with van der Waals surface area (Å²) >= 11 is 2.12. The molecular formula is C13H17FIN. The van der Waals surface area contributed by atoms with Gasteiger partial charge in [0.15, 0.2) is 0 Å². The van der Waals surface area contributed by atoms with E-state index in [0.29, 0.717) is 11.1 Å². The van der Waals surface area contributed by atoms with Crippen LogP contribution in [0.1, 0.15) is 32.6 Å². The van der Waals surface area contributed by atoms with Gasteiger partial charge in [-0.3, -0.25) is 0 Å². The van der Waals surface area contributed by atoms with Gasteiger partial charge in [-0.15, -0.1) is 0 Å². The van der Waals surface area contributed by atoms with Crippen LogP contribution >= 0.6 is 22.6 Å². The first-order valence-electron chi connectivity index (χ1n) is 5.84. The third kappa shape index (κ3) is 2.87. The Labute approximate surface area is 110 Å². The Balaban J connectivity index is 1.94. The standard InChI is InChI=1S/C13H17FIN/c1-2-5-13(6-7-13)9-16-12-4-3-10(15)8-11(12)14/h3-4,8,16H,2,5-7,9H2,1H3. The number of nitrogens with one attached hydrogen (secondary N) is 1. The van der Waals surface area contributed by atoms with Crippen molar-refractivity contribution >= 4 is 28.3 Å². The molecule has 0 spiro atoms. The minimum absolute atomic E-state index is 0.140. The molecule has 0 amide bonds. The molecule has 1 fully saturated rings. The SMILES string of the molecule is CCCC1(CNc2ccc(I)cc2F)CC1. The van der Waals surface area contributed by atoms with Crippen LogP contribution < -0.4 is 5.32 Å². The van der Waals surface area contributed by atoms with Gasteiger partial charge in [0, 0.05) is 10.1 Å². The Bertz CT molecular complexity index is 374. The Morgan fingerprint density at radius 3 is 2.75 bits per heavy atom. The van der Waals surface area contributed by atoms with Gasteiger partial charge >= 0.3 is 0 Å². The molecule has 88 valence electrons. The maximum Gasteiger partial charge on any atom is 0.147 e. The number of benzene rings is 1. The van der Waals surface area contributed by atoms with Crippen molar-refractivity contribution in [1.29, 1.82) is 0 Å². The third-order valence-corrected chi connectivity index (χ3v) is 3.99. The summed E-state index contributed by atoms with van der Waals surface area (Å²) in [6.45, 7) is 3.13. The van der Waals surface area contributed by atoms with Crippen LogP contribution in [0.4, 0.5) is 10.1 Å². The summed E-state index contributed by atoms with van der Waals surface area (Å²) in [5, 5.41) is 3.25. The van der Waals surface area contributed by atoms with E-state index in [1.165, 1.54) is 25.7 Å². The highest BCUT2D eigenvalue weighted by Gasteiger charge is 2.41. The summed E-state index contributed by atoms with van der Waals surface area (Å²) in [4.78, 5) is 0. The molecule has 0 bridgehead atoms. The number of hydrogen-bond acceptors (Lipinski definition) is 1. The average molecular weight is 333 g/mol. The molecule has 1 aliphatic carbocycles. The summed E-state index contributed by atoms with van der Waals surface area (Å²) in [6.07, 6.45) is 5.06. The van der Waals surface area contributed by atoms with Crippen molar-refractivity contribution in [3.8, 4) is 0 Å². The second-order valence-electron chi connectivity index (χ2n) is 4.73. The molecule has 1 N–H and O–H groups in total. The van der Waals surface area contributed by atoms with E-state index in [4.69, 9.17) is 0 Å². The van der Waals surface area contributed by atoms with Crippen LogP contribution in [-0.4, -0.2) is 6.54 Å². The number of anilines is 1. The number of rotatable bonds is 5. The summed E-state index contributed by atoms with van der Waals surface area (Å²) in [5.41, 5.74) is 1.10. The lowest BCUT2D eigenvalue weighted by Gasteiger charge is -2.16. The van der Waals surface area contributed by atoms with Crippen LogP contribution in [0.25, 0.3) is 0 Å². The highest BCUT2D eigenvalue weighted by molar-refractivity contribution is 14.1. The van der Waals surface area contributed by atoms with Crippen molar-refractivity contribution in [3.63, 3.8) is 0 Å². The molecule has 0 atom stereocenters. The van der Waals surface area contributed by atoms with Crippen LogP contribution in [0.5, 0.6) is 0 Å². The van der Waals surface area contributed by atoms with Crippen molar-refractivity contribution in [1.82, 2.24) is 0 Å². The number of halogens is 2. The zero-order valence-corrected chi connectivity index (χ0v) is 11.7. The van der Waals surface area contributed by atoms with E-state index in [1.807, 2.05) is 12.1 Å². The van der Waals surface area contributed by atoms with E-state index in [0.717, 1.165) is 10.1 Å². The van der Waals surface area contributed by atoms with E-state index in [-0.39, 0.29) is 5.82 Å². The molecule has 0 unspecified atom stereocenters. The van der Waals surface area contributed by atoms with Crippen LogP contribution in [0, 0.1) is 14.8 Å². The fraction of sp³-hybridized carbons (Fsp3) is 0.538. The lowest BCUT2D eigenvalue weighted by Crippen LogP contribution is -2.15. The average Bonchev–Trinajstić information content (AvgIpc) is 2.98. The molecule has 3 heteroatoms. The van der Waals surface area contributed by atoms with Gasteiger partial charge in [0.05, 0.1) is 5.69 Å². The van der Waals surface area contributed by atoms with Gasteiger partial charge in [0.1, 0.15) is 5.82 Å². The van der Waals surface area contributed by atoms with Crippen LogP contribution in [0.2, 0.25) is 0 Å². The quantitative estimate of drug-likeness (QED) is 0.787. The van der Waals surface area contributed by atoms with Crippen LogP contribution in [-0.2, 0) is 0 Å².